The topological polar surface area (TPSA) is 105 Å². The van der Waals surface area contributed by atoms with Crippen LogP contribution in [-0.4, -0.2) is 58.5 Å². The fraction of sp³-hybridized carbons (Fsp3) is 0.286. The smallest absolute Gasteiger partial charge is 0.264 e. The van der Waals surface area contributed by atoms with E-state index in [0.717, 1.165) is 4.31 Å². The summed E-state index contributed by atoms with van der Waals surface area (Å²) in [6, 6.07) is 18.4. The van der Waals surface area contributed by atoms with Gasteiger partial charge in [-0.05, 0) is 61.9 Å². The summed E-state index contributed by atoms with van der Waals surface area (Å²) in [6.07, 6.45) is 0. The molecule has 11 heteroatoms. The largest absolute Gasteiger partial charge is 0.497 e. The molecule has 0 fully saturated rings. The average Bonchev–Trinajstić information content (AvgIpc) is 2.95. The standard InChI is InChI=1S/C28H32ClN3O6S/c1-5-30-28(34)20(2)31(18-21-10-6-7-11-24(21)29)27(33)19-32(25-12-8-9-13-26(25)38-4)39(35,36)23-16-14-22(37-3)15-17-23/h6-17,20H,5,18-19H2,1-4H3,(H,30,34)/t20-/m0/s1. The molecule has 0 aliphatic carbocycles. The summed E-state index contributed by atoms with van der Waals surface area (Å²) in [4.78, 5) is 28.0. The molecule has 1 atom stereocenters. The van der Waals surface area contributed by atoms with Crippen LogP contribution < -0.4 is 19.1 Å². The lowest BCUT2D eigenvalue weighted by atomic mass is 10.1. The number of benzene rings is 3. The molecule has 0 bridgehead atoms. The average molecular weight is 574 g/mol. The molecule has 39 heavy (non-hydrogen) atoms. The highest BCUT2D eigenvalue weighted by molar-refractivity contribution is 7.92. The first-order chi connectivity index (χ1) is 18.6. The van der Waals surface area contributed by atoms with Crippen molar-refractivity contribution >= 4 is 39.1 Å². The fourth-order valence-corrected chi connectivity index (χ4v) is 5.56. The second-order valence-corrected chi connectivity index (χ2v) is 10.8. The number of rotatable bonds is 12. The molecule has 0 heterocycles. The molecule has 2 amide bonds. The quantitative estimate of drug-likeness (QED) is 0.350. The van der Waals surface area contributed by atoms with E-state index >= 15 is 0 Å². The first kappa shape index (κ1) is 29.8. The van der Waals surface area contributed by atoms with Crippen LogP contribution in [0.4, 0.5) is 5.69 Å². The molecule has 3 rings (SSSR count). The number of methoxy groups -OCH3 is 2. The Kier molecular flexibility index (Phi) is 10.2. The number of amides is 2. The van der Waals surface area contributed by atoms with E-state index < -0.39 is 28.5 Å². The van der Waals surface area contributed by atoms with Crippen LogP contribution in [0.3, 0.4) is 0 Å². The van der Waals surface area contributed by atoms with Gasteiger partial charge < -0.3 is 19.7 Å². The molecule has 208 valence electrons. The molecule has 0 radical (unpaired) electrons. The van der Waals surface area contributed by atoms with E-state index in [9.17, 15) is 18.0 Å². The highest BCUT2D eigenvalue weighted by Gasteiger charge is 2.33. The van der Waals surface area contributed by atoms with Crippen molar-refractivity contribution < 1.29 is 27.5 Å². The maximum absolute atomic E-state index is 13.9. The van der Waals surface area contributed by atoms with Gasteiger partial charge in [-0.25, -0.2) is 8.42 Å². The summed E-state index contributed by atoms with van der Waals surface area (Å²) < 4.78 is 39.4. The molecule has 0 saturated heterocycles. The molecule has 0 aliphatic heterocycles. The summed E-state index contributed by atoms with van der Waals surface area (Å²) in [5.41, 5.74) is 0.790. The SMILES string of the molecule is CCNC(=O)[C@H](C)N(Cc1ccccc1Cl)C(=O)CN(c1ccccc1OC)S(=O)(=O)c1ccc(OC)cc1. The van der Waals surface area contributed by atoms with E-state index in [1.165, 1.54) is 43.4 Å². The second-order valence-electron chi connectivity index (χ2n) is 8.54. The van der Waals surface area contributed by atoms with Gasteiger partial charge in [0, 0.05) is 18.1 Å². The van der Waals surface area contributed by atoms with Gasteiger partial charge in [-0.15, -0.1) is 0 Å². The summed E-state index contributed by atoms with van der Waals surface area (Å²) in [7, 11) is -1.36. The van der Waals surface area contributed by atoms with Crippen LogP contribution in [0.5, 0.6) is 11.5 Å². The Morgan fingerprint density at radius 1 is 0.949 bits per heavy atom. The lowest BCUT2D eigenvalue weighted by molar-refractivity contribution is -0.139. The Labute approximate surface area is 234 Å². The number of nitrogens with one attached hydrogen (secondary N) is 1. The van der Waals surface area contributed by atoms with Crippen LogP contribution >= 0.6 is 11.6 Å². The second kappa shape index (κ2) is 13.3. The van der Waals surface area contributed by atoms with Gasteiger partial charge in [-0.3, -0.25) is 13.9 Å². The zero-order chi connectivity index (χ0) is 28.6. The molecule has 0 aromatic heterocycles. The van der Waals surface area contributed by atoms with Crippen molar-refractivity contribution in [2.75, 3.05) is 31.6 Å². The Morgan fingerprint density at radius 2 is 1.59 bits per heavy atom. The molecule has 0 unspecified atom stereocenters. The van der Waals surface area contributed by atoms with E-state index in [4.69, 9.17) is 21.1 Å². The van der Waals surface area contributed by atoms with E-state index in [-0.39, 0.29) is 28.8 Å². The summed E-state index contributed by atoms with van der Waals surface area (Å²) >= 11 is 6.37. The normalized spacial score (nSPS) is 11.8. The first-order valence-electron chi connectivity index (χ1n) is 12.2. The van der Waals surface area contributed by atoms with Crippen LogP contribution in [0.25, 0.3) is 0 Å². The zero-order valence-electron chi connectivity index (χ0n) is 22.3. The third-order valence-electron chi connectivity index (χ3n) is 6.10. The number of halogens is 1. The van der Waals surface area contributed by atoms with Gasteiger partial charge in [0.05, 0.1) is 24.8 Å². The predicted octanol–water partition coefficient (Wildman–Crippen LogP) is 4.11. The van der Waals surface area contributed by atoms with E-state index in [2.05, 4.69) is 5.32 Å². The van der Waals surface area contributed by atoms with E-state index in [1.807, 2.05) is 0 Å². The van der Waals surface area contributed by atoms with E-state index in [0.29, 0.717) is 22.9 Å². The van der Waals surface area contributed by atoms with Crippen LogP contribution in [-0.2, 0) is 26.2 Å². The summed E-state index contributed by atoms with van der Waals surface area (Å²) in [5, 5.41) is 3.14. The number of ether oxygens (including phenoxy) is 2. The molecule has 1 N–H and O–H groups in total. The Hall–Kier alpha value is -3.76. The van der Waals surface area contributed by atoms with Crippen molar-refractivity contribution in [3.63, 3.8) is 0 Å². The van der Waals surface area contributed by atoms with Crippen molar-refractivity contribution in [3.05, 3.63) is 83.4 Å². The van der Waals surface area contributed by atoms with Crippen molar-refractivity contribution in [2.45, 2.75) is 31.3 Å². The van der Waals surface area contributed by atoms with Crippen LogP contribution in [0, 0.1) is 0 Å². The minimum atomic E-state index is -4.25. The number of hydrogen-bond acceptors (Lipinski definition) is 6. The first-order valence-corrected chi connectivity index (χ1v) is 14.1. The van der Waals surface area contributed by atoms with Gasteiger partial charge in [-0.2, -0.15) is 0 Å². The van der Waals surface area contributed by atoms with Gasteiger partial charge in [0.2, 0.25) is 11.8 Å². The number of likely N-dealkylation sites (N-methyl/N-ethyl adjacent to an activating group) is 1. The number of hydrogen-bond donors (Lipinski definition) is 1. The molecule has 9 nitrogen and oxygen atoms in total. The fourth-order valence-electron chi connectivity index (χ4n) is 3.94. The predicted molar refractivity (Wildman–Crippen MR) is 151 cm³/mol. The van der Waals surface area contributed by atoms with Crippen molar-refractivity contribution in [1.29, 1.82) is 0 Å². The van der Waals surface area contributed by atoms with Crippen molar-refractivity contribution in [3.8, 4) is 11.5 Å². The number of sulfonamides is 1. The lowest BCUT2D eigenvalue weighted by Crippen LogP contribution is -2.51. The van der Waals surface area contributed by atoms with Crippen molar-refractivity contribution in [1.82, 2.24) is 10.2 Å². The van der Waals surface area contributed by atoms with Crippen LogP contribution in [0.2, 0.25) is 5.02 Å². The minimum absolute atomic E-state index is 0.000838. The van der Waals surface area contributed by atoms with Crippen LogP contribution in [0.15, 0.2) is 77.7 Å². The van der Waals surface area contributed by atoms with Crippen LogP contribution in [0.1, 0.15) is 19.4 Å². The zero-order valence-corrected chi connectivity index (χ0v) is 23.8. The maximum atomic E-state index is 13.9. The number of anilines is 1. The lowest BCUT2D eigenvalue weighted by Gasteiger charge is -2.32. The monoisotopic (exact) mass is 573 g/mol. The van der Waals surface area contributed by atoms with E-state index in [1.54, 1.807) is 62.4 Å². The van der Waals surface area contributed by atoms with Crippen molar-refractivity contribution in [2.24, 2.45) is 0 Å². The Morgan fingerprint density at radius 3 is 2.21 bits per heavy atom. The molecule has 3 aromatic carbocycles. The molecular formula is C28H32ClN3O6S. The van der Waals surface area contributed by atoms with Gasteiger partial charge in [-0.1, -0.05) is 41.9 Å². The highest BCUT2D eigenvalue weighted by Crippen LogP contribution is 2.33. The number of para-hydroxylation sites is 2. The van der Waals surface area contributed by atoms with Gasteiger partial charge in [0.25, 0.3) is 10.0 Å². The Bertz CT molecular complexity index is 1400. The number of carbonyl (C=O) groups excluding carboxylic acids is 2. The third kappa shape index (κ3) is 7.01. The molecule has 0 aliphatic rings. The number of carbonyl (C=O) groups is 2. The van der Waals surface area contributed by atoms with Gasteiger partial charge in [0.15, 0.2) is 0 Å². The molecule has 3 aromatic rings. The highest BCUT2D eigenvalue weighted by atomic mass is 35.5. The third-order valence-corrected chi connectivity index (χ3v) is 8.24. The van der Waals surface area contributed by atoms with Gasteiger partial charge in [0.1, 0.15) is 24.1 Å². The number of nitrogens with zero attached hydrogens (tertiary/aromatic N) is 2. The summed E-state index contributed by atoms with van der Waals surface area (Å²) in [6.45, 7) is 3.14. The molecule has 0 spiro atoms. The minimum Gasteiger partial charge on any atom is -0.497 e. The summed E-state index contributed by atoms with van der Waals surface area (Å²) in [5.74, 6) is -0.233. The maximum Gasteiger partial charge on any atom is 0.264 e. The Balaban J connectivity index is 2.08. The molecular weight excluding hydrogens is 542 g/mol. The van der Waals surface area contributed by atoms with Gasteiger partial charge >= 0.3 is 0 Å². The molecule has 0 saturated carbocycles.